The van der Waals surface area contributed by atoms with E-state index in [1.54, 1.807) is 36.9 Å². The number of anilines is 1. The van der Waals surface area contributed by atoms with Crippen LogP contribution in [0.15, 0.2) is 61.2 Å². The summed E-state index contributed by atoms with van der Waals surface area (Å²) in [6.07, 6.45) is 7.45. The third-order valence-electron chi connectivity index (χ3n) is 5.66. The number of primary amides is 1. The van der Waals surface area contributed by atoms with Gasteiger partial charge in [0, 0.05) is 36.0 Å². The summed E-state index contributed by atoms with van der Waals surface area (Å²) >= 11 is 0. The summed E-state index contributed by atoms with van der Waals surface area (Å²) in [6, 6.07) is 11.4. The highest BCUT2D eigenvalue weighted by molar-refractivity contribution is 6.05. The van der Waals surface area contributed by atoms with Crippen LogP contribution >= 0.6 is 0 Å². The van der Waals surface area contributed by atoms with Crippen LogP contribution in [0.3, 0.4) is 0 Å². The second-order valence-corrected chi connectivity index (χ2v) is 7.95. The zero-order valence-corrected chi connectivity index (χ0v) is 18.9. The molecule has 0 aliphatic carbocycles. The maximum atomic E-state index is 12.2. The molecule has 0 saturated heterocycles. The molecule has 5 N–H and O–H groups in total. The number of aromatic nitrogens is 6. The van der Waals surface area contributed by atoms with Crippen molar-refractivity contribution in [2.45, 2.75) is 13.3 Å². The summed E-state index contributed by atoms with van der Waals surface area (Å²) in [5.41, 5.74) is 17.4. The second-order valence-electron chi connectivity index (χ2n) is 7.95. The van der Waals surface area contributed by atoms with E-state index in [1.807, 2.05) is 31.2 Å². The average molecular weight is 467 g/mol. The average Bonchev–Trinajstić information content (AvgIpc) is 3.34. The number of fused-ring (bicyclic) bond motifs is 1. The van der Waals surface area contributed by atoms with Gasteiger partial charge in [-0.05, 0) is 53.9 Å². The van der Waals surface area contributed by atoms with Crippen molar-refractivity contribution in [2.24, 2.45) is 5.73 Å². The van der Waals surface area contributed by atoms with E-state index in [4.69, 9.17) is 16.2 Å². The lowest BCUT2D eigenvalue weighted by Gasteiger charge is -2.15. The molecule has 10 heteroatoms. The van der Waals surface area contributed by atoms with E-state index in [2.05, 4.69) is 30.1 Å². The highest BCUT2D eigenvalue weighted by Crippen LogP contribution is 2.37. The fraction of sp³-hybridized carbons (Fsp3) is 0.120. The topological polar surface area (TPSA) is 159 Å². The van der Waals surface area contributed by atoms with E-state index >= 15 is 0 Å². The summed E-state index contributed by atoms with van der Waals surface area (Å²) < 4.78 is 5.76. The Morgan fingerprint density at radius 2 is 1.89 bits per heavy atom. The van der Waals surface area contributed by atoms with Crippen LogP contribution in [0.4, 0.5) is 5.69 Å². The van der Waals surface area contributed by atoms with Crippen molar-refractivity contribution < 1.29 is 9.53 Å². The molecule has 0 unspecified atom stereocenters. The number of carbonyl (C=O) groups is 1. The summed E-state index contributed by atoms with van der Waals surface area (Å²) in [5, 5.41) is 7.97. The van der Waals surface area contributed by atoms with E-state index in [0.717, 1.165) is 27.6 Å². The molecule has 0 saturated carbocycles. The number of benzene rings is 1. The SMILES string of the molecule is Cc1ccc2[nH]ncc2c1-c1cc(-c2ccnc(OCCc3ccncc3)n2)nc(C(N)=O)c1N. The zero-order chi connectivity index (χ0) is 24.4. The second kappa shape index (κ2) is 9.18. The minimum atomic E-state index is -0.731. The van der Waals surface area contributed by atoms with Gasteiger partial charge in [-0.25, -0.2) is 9.97 Å². The molecule has 4 aromatic heterocycles. The number of hydrogen-bond donors (Lipinski definition) is 3. The minimum absolute atomic E-state index is 0.0313. The summed E-state index contributed by atoms with van der Waals surface area (Å²) in [4.78, 5) is 29.4. The Bertz CT molecular complexity index is 1530. The van der Waals surface area contributed by atoms with Gasteiger partial charge in [-0.15, -0.1) is 0 Å². The van der Waals surface area contributed by atoms with Crippen LogP contribution in [-0.4, -0.2) is 42.6 Å². The molecule has 4 heterocycles. The van der Waals surface area contributed by atoms with Crippen molar-refractivity contribution in [2.75, 3.05) is 12.3 Å². The van der Waals surface area contributed by atoms with Crippen molar-refractivity contribution in [3.63, 3.8) is 0 Å². The van der Waals surface area contributed by atoms with Crippen LogP contribution in [0, 0.1) is 6.92 Å². The third kappa shape index (κ3) is 4.36. The molecule has 1 aromatic carbocycles. The van der Waals surface area contributed by atoms with E-state index in [-0.39, 0.29) is 17.4 Å². The number of aromatic amines is 1. The van der Waals surface area contributed by atoms with Gasteiger partial charge >= 0.3 is 6.01 Å². The molecule has 174 valence electrons. The molecule has 0 aliphatic rings. The summed E-state index contributed by atoms with van der Waals surface area (Å²) in [7, 11) is 0. The van der Waals surface area contributed by atoms with Gasteiger partial charge in [-0.1, -0.05) is 6.07 Å². The molecule has 5 aromatic rings. The van der Waals surface area contributed by atoms with Crippen molar-refractivity contribution >= 4 is 22.5 Å². The molecular formula is C25H22N8O2. The lowest BCUT2D eigenvalue weighted by molar-refractivity contribution is 0.0996. The number of ether oxygens (including phenoxy) is 1. The Morgan fingerprint density at radius 1 is 1.06 bits per heavy atom. The molecule has 5 rings (SSSR count). The molecule has 0 aliphatic heterocycles. The van der Waals surface area contributed by atoms with Gasteiger partial charge < -0.3 is 16.2 Å². The van der Waals surface area contributed by atoms with Crippen molar-refractivity contribution in [3.8, 4) is 28.5 Å². The van der Waals surface area contributed by atoms with E-state index < -0.39 is 5.91 Å². The summed E-state index contributed by atoms with van der Waals surface area (Å²) in [6.45, 7) is 2.35. The number of amides is 1. The van der Waals surface area contributed by atoms with E-state index in [0.29, 0.717) is 30.0 Å². The Morgan fingerprint density at radius 3 is 2.69 bits per heavy atom. The largest absolute Gasteiger partial charge is 0.463 e. The highest BCUT2D eigenvalue weighted by Gasteiger charge is 2.20. The molecule has 0 fully saturated rings. The number of nitrogens with one attached hydrogen (secondary N) is 1. The smallest absolute Gasteiger partial charge is 0.316 e. The van der Waals surface area contributed by atoms with Crippen LogP contribution in [0.25, 0.3) is 33.4 Å². The first kappa shape index (κ1) is 22.0. The van der Waals surface area contributed by atoms with Gasteiger partial charge in [-0.3, -0.25) is 14.9 Å². The van der Waals surface area contributed by atoms with Gasteiger partial charge in [-0.2, -0.15) is 10.1 Å². The number of H-pyrrole nitrogens is 1. The quantitative estimate of drug-likeness (QED) is 0.330. The van der Waals surface area contributed by atoms with Gasteiger partial charge in [0.2, 0.25) is 0 Å². The monoisotopic (exact) mass is 466 g/mol. The Hall–Kier alpha value is -4.86. The zero-order valence-electron chi connectivity index (χ0n) is 18.9. The minimum Gasteiger partial charge on any atom is -0.463 e. The molecule has 0 atom stereocenters. The van der Waals surface area contributed by atoms with Gasteiger partial charge in [0.25, 0.3) is 5.91 Å². The molecular weight excluding hydrogens is 444 g/mol. The Balaban J connectivity index is 1.54. The van der Waals surface area contributed by atoms with Crippen LogP contribution in [0.1, 0.15) is 21.6 Å². The number of aryl methyl sites for hydroxylation is 1. The van der Waals surface area contributed by atoms with Crippen LogP contribution in [0.5, 0.6) is 6.01 Å². The highest BCUT2D eigenvalue weighted by atomic mass is 16.5. The van der Waals surface area contributed by atoms with Gasteiger partial charge in [0.05, 0.1) is 35.4 Å². The molecule has 0 radical (unpaired) electrons. The van der Waals surface area contributed by atoms with Gasteiger partial charge in [0.1, 0.15) is 0 Å². The number of carbonyl (C=O) groups excluding carboxylic acids is 1. The molecule has 0 bridgehead atoms. The van der Waals surface area contributed by atoms with Crippen LogP contribution < -0.4 is 16.2 Å². The first-order valence-electron chi connectivity index (χ1n) is 10.9. The number of hydrogen-bond acceptors (Lipinski definition) is 8. The lowest BCUT2D eigenvalue weighted by atomic mass is 9.94. The van der Waals surface area contributed by atoms with Gasteiger partial charge in [0.15, 0.2) is 5.69 Å². The van der Waals surface area contributed by atoms with Crippen LogP contribution in [-0.2, 0) is 6.42 Å². The predicted octanol–water partition coefficient (Wildman–Crippen LogP) is 3.09. The van der Waals surface area contributed by atoms with E-state index in [1.165, 1.54) is 0 Å². The fourth-order valence-corrected chi connectivity index (χ4v) is 3.93. The number of rotatable bonds is 7. The molecule has 35 heavy (non-hydrogen) atoms. The molecule has 10 nitrogen and oxygen atoms in total. The Labute approximate surface area is 200 Å². The maximum Gasteiger partial charge on any atom is 0.316 e. The first-order chi connectivity index (χ1) is 17.0. The number of nitrogen functional groups attached to an aromatic ring is 1. The predicted molar refractivity (Wildman–Crippen MR) is 131 cm³/mol. The maximum absolute atomic E-state index is 12.2. The normalized spacial score (nSPS) is 11.0. The lowest BCUT2D eigenvalue weighted by Crippen LogP contribution is -2.17. The Kier molecular flexibility index (Phi) is 5.76. The molecule has 1 amide bonds. The standard InChI is InChI=1S/C25H22N8O2/c1-14-2-3-18-17(13-30-33-18)21(14)16-12-20(31-23(22(16)26)24(27)34)19-6-10-29-25(32-19)35-11-7-15-4-8-28-9-5-15/h2-6,8-10,12-13H,7,11,26H2,1H3,(H2,27,34)(H,30,33). The summed E-state index contributed by atoms with van der Waals surface area (Å²) in [5.74, 6) is -0.731. The van der Waals surface area contributed by atoms with Crippen LogP contribution in [0.2, 0.25) is 0 Å². The third-order valence-corrected chi connectivity index (χ3v) is 5.66. The first-order valence-corrected chi connectivity index (χ1v) is 10.9. The van der Waals surface area contributed by atoms with Crippen molar-refractivity contribution in [1.29, 1.82) is 0 Å². The molecule has 0 spiro atoms. The number of nitrogens with two attached hydrogens (primary N) is 2. The van der Waals surface area contributed by atoms with Crippen molar-refractivity contribution in [1.82, 2.24) is 30.1 Å². The van der Waals surface area contributed by atoms with Crippen molar-refractivity contribution in [3.05, 3.63) is 78.0 Å². The van der Waals surface area contributed by atoms with E-state index in [9.17, 15) is 4.79 Å². The fourth-order valence-electron chi connectivity index (χ4n) is 3.93. The number of pyridine rings is 2. The number of nitrogens with zero attached hydrogens (tertiary/aromatic N) is 5.